The molecule has 17 heteroatoms. The fourth-order valence-corrected chi connectivity index (χ4v) is 4.48. The average Bonchev–Trinajstić information content (AvgIpc) is 3.04. The quantitative estimate of drug-likeness (QED) is 0.136. The fourth-order valence-electron chi connectivity index (χ4n) is 3.95. The maximum absolute atomic E-state index is 13.0. The number of ketones is 1. The Labute approximate surface area is 239 Å². The van der Waals surface area contributed by atoms with Crippen LogP contribution in [0.5, 0.6) is 0 Å². The molecule has 0 N–H and O–H groups in total. The lowest BCUT2D eigenvalue weighted by Gasteiger charge is -2.32. The van der Waals surface area contributed by atoms with E-state index in [1.165, 1.54) is 0 Å². The second kappa shape index (κ2) is 12.7. The van der Waals surface area contributed by atoms with Crippen LogP contribution < -0.4 is 0 Å². The third-order valence-electron chi connectivity index (χ3n) is 7.40. The number of halogens is 9. The Hall–Kier alpha value is -1.75. The third-order valence-corrected chi connectivity index (χ3v) is 8.40. The largest absolute Gasteiger partial charge is 0.534 e. The van der Waals surface area contributed by atoms with E-state index >= 15 is 0 Å². The summed E-state index contributed by atoms with van der Waals surface area (Å²) in [4.78, 5) is 10.4. The Morgan fingerprint density at radius 3 is 1.52 bits per heavy atom. The molecule has 0 unspecified atom stereocenters. The van der Waals surface area contributed by atoms with Crippen molar-refractivity contribution in [2.45, 2.75) is 126 Å². The predicted molar refractivity (Wildman–Crippen MR) is 134 cm³/mol. The molecule has 3 aliphatic carbocycles. The molecule has 0 radical (unpaired) electrons. The van der Waals surface area contributed by atoms with Crippen LogP contribution in [0.25, 0.3) is 0 Å². The predicted octanol–water partition coefficient (Wildman–Crippen LogP) is 7.68. The maximum atomic E-state index is 13.0. The number of allylic oxidation sites excluding steroid dienone is 4. The second-order valence-electron chi connectivity index (χ2n) is 11.5. The van der Waals surface area contributed by atoms with Crippen LogP contribution in [-0.4, -0.2) is 55.8 Å². The van der Waals surface area contributed by atoms with Crippen LogP contribution >= 0.6 is 0 Å². The van der Waals surface area contributed by atoms with Gasteiger partial charge in [-0.3, -0.25) is 4.79 Å². The highest BCUT2D eigenvalue weighted by Crippen LogP contribution is 2.42. The van der Waals surface area contributed by atoms with E-state index in [0.29, 0.717) is 12.5 Å². The molecule has 2 fully saturated rings. The third kappa shape index (κ3) is 10.5. The standard InChI is InChI=1S/C12H19BF2O2.C7H7F5O3S.C6H8F2O/c1-10(2)11(3,4)17-13(16-10)9-5-7-12(14,15)8-6-9;8-6(9)3-1-5(2-4-6)15-16(13,14)7(10,11)12;7-6(8)3-1-5(9)2-4-6/h5H,6-8H2,1-4H3;1H,2-4H2;1-4H2. The molecule has 0 amide bonds. The summed E-state index contributed by atoms with van der Waals surface area (Å²) in [5.41, 5.74) is -5.50. The van der Waals surface area contributed by atoms with E-state index in [9.17, 15) is 52.7 Å². The number of carbonyl (C=O) groups excluding carboxylic acids is 1. The molecule has 0 atom stereocenters. The van der Waals surface area contributed by atoms with Crippen molar-refractivity contribution in [3.63, 3.8) is 0 Å². The SMILES string of the molecule is CC1(C)OB(C2=CCC(F)(F)CC2)OC1(C)C.O=C1CCC(F)(F)CC1.O=S(=O)(OC1=CCC(F)(F)CC1)C(F)(F)F. The molecule has 0 aromatic rings. The van der Waals surface area contributed by atoms with Gasteiger partial charge in [-0.15, -0.1) is 0 Å². The van der Waals surface area contributed by atoms with Gasteiger partial charge in [-0.1, -0.05) is 6.08 Å². The van der Waals surface area contributed by atoms with Crippen molar-refractivity contribution >= 4 is 23.0 Å². The van der Waals surface area contributed by atoms with Crippen molar-refractivity contribution in [2.24, 2.45) is 0 Å². The molecular weight excluding hydrogens is 610 g/mol. The van der Waals surface area contributed by atoms with Crippen LogP contribution in [0.1, 0.15) is 91.9 Å². The Balaban J connectivity index is 0.000000230. The van der Waals surface area contributed by atoms with Crippen LogP contribution in [0.2, 0.25) is 0 Å². The van der Waals surface area contributed by atoms with Crippen molar-refractivity contribution in [3.05, 3.63) is 23.4 Å². The van der Waals surface area contributed by atoms with Gasteiger partial charge in [0.2, 0.25) is 5.92 Å². The normalized spacial score (nSPS) is 26.0. The first-order chi connectivity index (χ1) is 18.8. The zero-order valence-corrected chi connectivity index (χ0v) is 24.4. The number of hydrogen-bond donors (Lipinski definition) is 0. The van der Waals surface area contributed by atoms with Gasteiger partial charge in [0.05, 0.1) is 11.2 Å². The average molecular weight is 644 g/mol. The molecule has 1 saturated carbocycles. The van der Waals surface area contributed by atoms with Crippen molar-refractivity contribution in [2.75, 3.05) is 0 Å². The zero-order chi connectivity index (χ0) is 32.4. The summed E-state index contributed by atoms with van der Waals surface area (Å²) in [6, 6.07) is 0. The minimum absolute atomic E-state index is 0.0269. The van der Waals surface area contributed by atoms with E-state index in [-0.39, 0.29) is 44.3 Å². The first-order valence-corrected chi connectivity index (χ1v) is 14.6. The first-order valence-electron chi connectivity index (χ1n) is 13.2. The van der Waals surface area contributed by atoms with E-state index in [1.54, 1.807) is 6.08 Å². The van der Waals surface area contributed by atoms with Gasteiger partial charge in [0.1, 0.15) is 11.5 Å². The Morgan fingerprint density at radius 2 is 1.17 bits per heavy atom. The number of alkyl halides is 9. The van der Waals surface area contributed by atoms with Gasteiger partial charge in [-0.05, 0) is 45.7 Å². The van der Waals surface area contributed by atoms with Gasteiger partial charge < -0.3 is 13.5 Å². The minimum Gasteiger partial charge on any atom is -0.400 e. The van der Waals surface area contributed by atoms with Gasteiger partial charge in [-0.25, -0.2) is 26.3 Å². The second-order valence-corrected chi connectivity index (χ2v) is 13.1. The van der Waals surface area contributed by atoms with Gasteiger partial charge in [0.15, 0.2) is 0 Å². The molecule has 1 heterocycles. The number of Topliss-reactive ketones (excluding diaryl/α,β-unsaturated/α-hetero) is 1. The highest BCUT2D eigenvalue weighted by Gasteiger charge is 2.53. The van der Waals surface area contributed by atoms with E-state index < -0.39 is 76.7 Å². The minimum atomic E-state index is -5.75. The lowest BCUT2D eigenvalue weighted by Crippen LogP contribution is -2.41. The Kier molecular flexibility index (Phi) is 11.0. The van der Waals surface area contributed by atoms with Crippen LogP contribution in [0.3, 0.4) is 0 Å². The number of hydrogen-bond acceptors (Lipinski definition) is 6. The van der Waals surface area contributed by atoms with E-state index in [0.717, 1.165) is 5.47 Å². The van der Waals surface area contributed by atoms with Gasteiger partial charge in [0, 0.05) is 57.8 Å². The fraction of sp³-hybridized carbons (Fsp3) is 0.800. The monoisotopic (exact) mass is 644 g/mol. The maximum Gasteiger partial charge on any atom is 0.534 e. The summed E-state index contributed by atoms with van der Waals surface area (Å²) in [5, 5.41) is 0. The summed E-state index contributed by atoms with van der Waals surface area (Å²) in [6.07, 6.45) is -0.181. The first kappa shape index (κ1) is 36.4. The van der Waals surface area contributed by atoms with Crippen LogP contribution in [-0.2, 0) is 28.4 Å². The van der Waals surface area contributed by atoms with E-state index in [4.69, 9.17) is 9.31 Å². The summed E-state index contributed by atoms with van der Waals surface area (Å²) >= 11 is 0. The lowest BCUT2D eigenvalue weighted by molar-refractivity contribution is -0.128. The summed E-state index contributed by atoms with van der Waals surface area (Å²) in [5.74, 6) is -8.76. The molecule has 0 aromatic carbocycles. The van der Waals surface area contributed by atoms with Crippen molar-refractivity contribution in [1.29, 1.82) is 0 Å². The smallest absolute Gasteiger partial charge is 0.400 e. The highest BCUT2D eigenvalue weighted by atomic mass is 32.2. The molecule has 1 saturated heterocycles. The summed E-state index contributed by atoms with van der Waals surface area (Å²) in [7, 11) is -6.21. The molecular formula is C25H34BF9O6S. The molecule has 0 spiro atoms. The van der Waals surface area contributed by atoms with Crippen molar-refractivity contribution < 1.29 is 66.2 Å². The number of carbonyl (C=O) groups is 1. The highest BCUT2D eigenvalue weighted by molar-refractivity contribution is 7.87. The van der Waals surface area contributed by atoms with Gasteiger partial charge in [0.25, 0.3) is 11.8 Å². The molecule has 42 heavy (non-hydrogen) atoms. The van der Waals surface area contributed by atoms with Crippen LogP contribution in [0.4, 0.5) is 39.5 Å². The summed E-state index contributed by atoms with van der Waals surface area (Å²) in [6.45, 7) is 7.85. The van der Waals surface area contributed by atoms with Crippen LogP contribution in [0, 0.1) is 0 Å². The van der Waals surface area contributed by atoms with E-state index in [1.807, 2.05) is 27.7 Å². The van der Waals surface area contributed by atoms with Gasteiger partial charge >= 0.3 is 22.7 Å². The lowest BCUT2D eigenvalue weighted by atomic mass is 9.72. The Morgan fingerprint density at radius 1 is 0.738 bits per heavy atom. The summed E-state index contributed by atoms with van der Waals surface area (Å²) < 4.78 is 148. The Bertz CT molecular complexity index is 1120. The molecule has 1 aliphatic heterocycles. The van der Waals surface area contributed by atoms with E-state index in [2.05, 4.69) is 4.18 Å². The zero-order valence-electron chi connectivity index (χ0n) is 23.6. The molecule has 0 bridgehead atoms. The van der Waals surface area contributed by atoms with Crippen molar-refractivity contribution in [3.8, 4) is 0 Å². The molecule has 6 nitrogen and oxygen atoms in total. The molecule has 4 aliphatic rings. The molecule has 4 rings (SSSR count). The topological polar surface area (TPSA) is 78.9 Å². The number of rotatable bonds is 3. The van der Waals surface area contributed by atoms with Gasteiger partial charge in [-0.2, -0.15) is 21.6 Å². The molecule has 0 aromatic heterocycles. The molecule has 242 valence electrons. The van der Waals surface area contributed by atoms with Crippen molar-refractivity contribution in [1.82, 2.24) is 0 Å². The van der Waals surface area contributed by atoms with Crippen LogP contribution in [0.15, 0.2) is 23.4 Å².